The van der Waals surface area contributed by atoms with Crippen LogP contribution in [0.2, 0.25) is 0 Å². The smallest absolute Gasteiger partial charge is 0.231 e. The molecule has 0 saturated carbocycles. The summed E-state index contributed by atoms with van der Waals surface area (Å²) in [7, 11) is 1.86. The van der Waals surface area contributed by atoms with Crippen LogP contribution in [0.4, 0.5) is 4.39 Å². The van der Waals surface area contributed by atoms with Gasteiger partial charge in [0.25, 0.3) is 0 Å². The molecule has 4 nitrogen and oxygen atoms in total. The highest BCUT2D eigenvalue weighted by molar-refractivity contribution is 5.51. The van der Waals surface area contributed by atoms with E-state index < -0.39 is 0 Å². The average Bonchev–Trinajstić information content (AvgIpc) is 2.92. The second-order valence-electron chi connectivity index (χ2n) is 4.76. The molecule has 0 aromatic heterocycles. The monoisotopic (exact) mass is 289 g/mol. The molecule has 0 bridgehead atoms. The first kappa shape index (κ1) is 13.7. The van der Waals surface area contributed by atoms with Crippen molar-refractivity contribution in [3.8, 4) is 17.2 Å². The average molecular weight is 289 g/mol. The number of fused-ring (bicyclic) bond motifs is 1. The highest BCUT2D eigenvalue weighted by Crippen LogP contribution is 2.38. The van der Waals surface area contributed by atoms with Gasteiger partial charge in [0.1, 0.15) is 18.2 Å². The van der Waals surface area contributed by atoms with Crippen molar-refractivity contribution < 1.29 is 18.6 Å². The molecular formula is C16H16FNO3. The highest BCUT2D eigenvalue weighted by atomic mass is 19.1. The molecule has 1 heterocycles. The van der Waals surface area contributed by atoms with Gasteiger partial charge < -0.3 is 19.5 Å². The van der Waals surface area contributed by atoms with Gasteiger partial charge in [-0.25, -0.2) is 4.39 Å². The van der Waals surface area contributed by atoms with Crippen LogP contribution in [0.3, 0.4) is 0 Å². The summed E-state index contributed by atoms with van der Waals surface area (Å²) in [6.45, 7) is 1.17. The Kier molecular flexibility index (Phi) is 3.92. The van der Waals surface area contributed by atoms with Crippen molar-refractivity contribution in [2.45, 2.75) is 13.2 Å². The third kappa shape index (κ3) is 3.08. The van der Waals surface area contributed by atoms with Crippen molar-refractivity contribution in [3.63, 3.8) is 0 Å². The van der Waals surface area contributed by atoms with Gasteiger partial charge in [0.05, 0.1) is 0 Å². The molecule has 0 spiro atoms. The number of hydrogen-bond donors (Lipinski definition) is 1. The van der Waals surface area contributed by atoms with Gasteiger partial charge in [-0.05, 0) is 30.8 Å². The predicted molar refractivity (Wildman–Crippen MR) is 76.1 cm³/mol. The molecule has 0 saturated heterocycles. The Bertz CT molecular complexity index is 645. The van der Waals surface area contributed by atoms with E-state index in [-0.39, 0.29) is 12.6 Å². The van der Waals surface area contributed by atoms with Crippen molar-refractivity contribution >= 4 is 0 Å². The topological polar surface area (TPSA) is 39.7 Å². The SMILES string of the molecule is CNCc1cc2c(cc1OCc1cccc(F)c1)OCO2. The molecule has 0 radical (unpaired) electrons. The zero-order chi connectivity index (χ0) is 14.7. The van der Waals surface area contributed by atoms with E-state index in [4.69, 9.17) is 14.2 Å². The van der Waals surface area contributed by atoms with Crippen LogP contribution in [0.5, 0.6) is 17.2 Å². The zero-order valence-corrected chi connectivity index (χ0v) is 11.7. The van der Waals surface area contributed by atoms with Gasteiger partial charge in [-0.15, -0.1) is 0 Å². The molecule has 0 atom stereocenters. The van der Waals surface area contributed by atoms with Crippen molar-refractivity contribution in [3.05, 3.63) is 53.3 Å². The molecule has 5 heteroatoms. The van der Waals surface area contributed by atoms with Gasteiger partial charge in [-0.2, -0.15) is 0 Å². The third-order valence-electron chi connectivity index (χ3n) is 3.21. The second-order valence-corrected chi connectivity index (χ2v) is 4.76. The maximum absolute atomic E-state index is 13.2. The minimum Gasteiger partial charge on any atom is -0.488 e. The first-order valence-electron chi connectivity index (χ1n) is 6.70. The third-order valence-corrected chi connectivity index (χ3v) is 3.21. The number of ether oxygens (including phenoxy) is 3. The fraction of sp³-hybridized carbons (Fsp3) is 0.250. The lowest BCUT2D eigenvalue weighted by molar-refractivity contribution is 0.173. The molecule has 3 rings (SSSR count). The van der Waals surface area contributed by atoms with Gasteiger partial charge in [-0.1, -0.05) is 12.1 Å². The van der Waals surface area contributed by atoms with Crippen LogP contribution in [0, 0.1) is 5.82 Å². The maximum Gasteiger partial charge on any atom is 0.231 e. The van der Waals surface area contributed by atoms with E-state index in [0.29, 0.717) is 24.7 Å². The summed E-state index contributed by atoms with van der Waals surface area (Å²) in [4.78, 5) is 0. The van der Waals surface area contributed by atoms with Crippen LogP contribution < -0.4 is 19.5 Å². The molecule has 1 N–H and O–H groups in total. The molecule has 2 aromatic carbocycles. The van der Waals surface area contributed by atoms with E-state index in [1.165, 1.54) is 12.1 Å². The lowest BCUT2D eigenvalue weighted by Gasteiger charge is -2.12. The molecule has 110 valence electrons. The van der Waals surface area contributed by atoms with Gasteiger partial charge in [-0.3, -0.25) is 0 Å². The van der Waals surface area contributed by atoms with E-state index in [1.807, 2.05) is 25.2 Å². The zero-order valence-electron chi connectivity index (χ0n) is 11.7. The first-order valence-corrected chi connectivity index (χ1v) is 6.70. The van der Waals surface area contributed by atoms with Crippen molar-refractivity contribution in [1.29, 1.82) is 0 Å². The second kappa shape index (κ2) is 6.01. The fourth-order valence-corrected chi connectivity index (χ4v) is 2.22. The Labute approximate surface area is 122 Å². The van der Waals surface area contributed by atoms with Crippen LogP contribution in [0.25, 0.3) is 0 Å². The summed E-state index contributed by atoms with van der Waals surface area (Å²) in [6.07, 6.45) is 0. The van der Waals surface area contributed by atoms with E-state index in [1.54, 1.807) is 6.07 Å². The Balaban J connectivity index is 1.80. The highest BCUT2D eigenvalue weighted by Gasteiger charge is 2.17. The first-order chi connectivity index (χ1) is 10.3. The van der Waals surface area contributed by atoms with Crippen LogP contribution in [0.15, 0.2) is 36.4 Å². The van der Waals surface area contributed by atoms with Gasteiger partial charge in [0.15, 0.2) is 11.5 Å². The summed E-state index contributed by atoms with van der Waals surface area (Å²) in [5, 5.41) is 3.09. The fourth-order valence-electron chi connectivity index (χ4n) is 2.22. The van der Waals surface area contributed by atoms with Gasteiger partial charge in [0, 0.05) is 18.2 Å². The van der Waals surface area contributed by atoms with Crippen LogP contribution >= 0.6 is 0 Å². The Morgan fingerprint density at radius 3 is 2.76 bits per heavy atom. The van der Waals surface area contributed by atoms with E-state index in [2.05, 4.69) is 5.32 Å². The standard InChI is InChI=1S/C16H16FNO3/c1-18-8-12-6-15-16(21-10-20-15)7-14(12)19-9-11-3-2-4-13(17)5-11/h2-7,18H,8-10H2,1H3. The molecule has 1 aliphatic heterocycles. The van der Waals surface area contributed by atoms with Crippen LogP contribution in [0.1, 0.15) is 11.1 Å². The largest absolute Gasteiger partial charge is 0.488 e. The van der Waals surface area contributed by atoms with Gasteiger partial charge in [0.2, 0.25) is 6.79 Å². The maximum atomic E-state index is 13.2. The quantitative estimate of drug-likeness (QED) is 0.919. The Hall–Kier alpha value is -2.27. The molecule has 0 unspecified atom stereocenters. The van der Waals surface area contributed by atoms with Crippen molar-refractivity contribution in [2.75, 3.05) is 13.8 Å². The summed E-state index contributed by atoms with van der Waals surface area (Å²) < 4.78 is 29.7. The van der Waals surface area contributed by atoms with Gasteiger partial charge >= 0.3 is 0 Å². The van der Waals surface area contributed by atoms with E-state index >= 15 is 0 Å². The van der Waals surface area contributed by atoms with Crippen LogP contribution in [-0.4, -0.2) is 13.8 Å². The number of benzene rings is 2. The molecule has 0 fully saturated rings. The summed E-state index contributed by atoms with van der Waals surface area (Å²) >= 11 is 0. The molecular weight excluding hydrogens is 273 g/mol. The molecule has 2 aromatic rings. The lowest BCUT2D eigenvalue weighted by Crippen LogP contribution is -2.07. The van der Waals surface area contributed by atoms with Crippen LogP contribution in [-0.2, 0) is 13.2 Å². The Morgan fingerprint density at radius 2 is 2.00 bits per heavy atom. The summed E-state index contributed by atoms with van der Waals surface area (Å²) in [5.74, 6) is 1.83. The Morgan fingerprint density at radius 1 is 1.19 bits per heavy atom. The van der Waals surface area contributed by atoms with Crippen molar-refractivity contribution in [1.82, 2.24) is 5.32 Å². The van der Waals surface area contributed by atoms with Crippen molar-refractivity contribution in [2.24, 2.45) is 0 Å². The minimum absolute atomic E-state index is 0.224. The number of halogens is 1. The number of hydrogen-bond acceptors (Lipinski definition) is 4. The lowest BCUT2D eigenvalue weighted by atomic mass is 10.1. The molecule has 1 aliphatic rings. The molecule has 21 heavy (non-hydrogen) atoms. The summed E-state index contributed by atoms with van der Waals surface area (Å²) in [6, 6.07) is 10.1. The number of nitrogens with one attached hydrogen (secondary N) is 1. The van der Waals surface area contributed by atoms with E-state index in [9.17, 15) is 4.39 Å². The van der Waals surface area contributed by atoms with E-state index in [0.717, 1.165) is 16.9 Å². The predicted octanol–water partition coefficient (Wildman–Crippen LogP) is 2.85. The number of rotatable bonds is 5. The minimum atomic E-state index is -0.266. The molecule has 0 amide bonds. The summed E-state index contributed by atoms with van der Waals surface area (Å²) in [5.41, 5.74) is 1.75. The normalized spacial score (nSPS) is 12.5. The molecule has 0 aliphatic carbocycles.